The number of ether oxygens (including phenoxy) is 1. The molecule has 0 bridgehead atoms. The zero-order valence-corrected chi connectivity index (χ0v) is 17.2. The minimum atomic E-state index is -0.840. The minimum Gasteiger partial charge on any atom is -0.481 e. The largest absolute Gasteiger partial charge is 0.481 e. The highest BCUT2D eigenvalue weighted by atomic mass is 16.5. The van der Waals surface area contributed by atoms with Gasteiger partial charge in [-0.3, -0.25) is 9.59 Å². The smallest absolute Gasteiger partial charge is 0.306 e. The number of carboxylic acids is 1. The molecule has 0 saturated carbocycles. The number of imidazole rings is 1. The average molecular weight is 381 g/mol. The number of carboxylic acid groups (broad SMARTS) is 1. The third kappa shape index (κ3) is 9.07. The first kappa shape index (κ1) is 23.2. The van der Waals surface area contributed by atoms with Gasteiger partial charge < -0.3 is 14.4 Å². The van der Waals surface area contributed by atoms with Crippen LogP contribution in [0, 0.1) is 11.8 Å². The highest BCUT2D eigenvalue weighted by molar-refractivity contribution is 5.71. The maximum absolute atomic E-state index is 12.0. The van der Waals surface area contributed by atoms with Gasteiger partial charge >= 0.3 is 11.9 Å². The van der Waals surface area contributed by atoms with Gasteiger partial charge in [0.15, 0.2) is 0 Å². The van der Waals surface area contributed by atoms with Crippen molar-refractivity contribution in [1.82, 2.24) is 9.55 Å². The van der Waals surface area contributed by atoms with Crippen LogP contribution in [-0.4, -0.2) is 33.2 Å². The summed E-state index contributed by atoms with van der Waals surface area (Å²) in [7, 11) is 1.88. The van der Waals surface area contributed by atoms with Gasteiger partial charge in [0, 0.05) is 31.3 Å². The number of esters is 1. The van der Waals surface area contributed by atoms with Crippen LogP contribution in [0.5, 0.6) is 0 Å². The fraction of sp³-hybridized carbons (Fsp3) is 0.762. The van der Waals surface area contributed by atoms with E-state index in [1.54, 1.807) is 12.5 Å². The van der Waals surface area contributed by atoms with E-state index in [1.165, 1.54) is 25.7 Å². The Morgan fingerprint density at radius 1 is 1.15 bits per heavy atom. The monoisotopic (exact) mass is 380 g/mol. The molecule has 2 atom stereocenters. The molecule has 0 aromatic carbocycles. The second-order valence-corrected chi connectivity index (χ2v) is 7.37. The lowest BCUT2D eigenvalue weighted by molar-refractivity contribution is -0.151. The van der Waals surface area contributed by atoms with Gasteiger partial charge in [0.1, 0.15) is 0 Å². The SMILES string of the molecule is CCCCCCCCCC(=O)OC[C@H](Cc1cncn1C)[C@H](CC)C(=O)O. The van der Waals surface area contributed by atoms with Crippen LogP contribution in [0.15, 0.2) is 12.5 Å². The second kappa shape index (κ2) is 13.3. The molecule has 1 aromatic rings. The van der Waals surface area contributed by atoms with Crippen molar-refractivity contribution in [3.63, 3.8) is 0 Å². The van der Waals surface area contributed by atoms with Crippen molar-refractivity contribution in [1.29, 1.82) is 0 Å². The Morgan fingerprint density at radius 2 is 1.81 bits per heavy atom. The summed E-state index contributed by atoms with van der Waals surface area (Å²) in [6, 6.07) is 0. The van der Waals surface area contributed by atoms with Crippen LogP contribution in [0.3, 0.4) is 0 Å². The molecule has 0 unspecified atom stereocenters. The Labute approximate surface area is 163 Å². The van der Waals surface area contributed by atoms with Crippen molar-refractivity contribution < 1.29 is 19.4 Å². The molecule has 1 aromatic heterocycles. The number of carbonyl (C=O) groups excluding carboxylic acids is 1. The number of hydrogen-bond acceptors (Lipinski definition) is 4. The molecular weight excluding hydrogens is 344 g/mol. The quantitative estimate of drug-likeness (QED) is 0.361. The van der Waals surface area contributed by atoms with E-state index in [9.17, 15) is 14.7 Å². The van der Waals surface area contributed by atoms with Crippen LogP contribution in [-0.2, 0) is 27.8 Å². The van der Waals surface area contributed by atoms with Crippen LogP contribution in [0.2, 0.25) is 0 Å². The summed E-state index contributed by atoms with van der Waals surface area (Å²) in [6.45, 7) is 4.20. The predicted molar refractivity (Wildman–Crippen MR) is 105 cm³/mol. The summed E-state index contributed by atoms with van der Waals surface area (Å²) in [5, 5.41) is 9.51. The van der Waals surface area contributed by atoms with E-state index in [0.29, 0.717) is 19.3 Å². The minimum absolute atomic E-state index is 0.144. The molecule has 6 heteroatoms. The van der Waals surface area contributed by atoms with Crippen LogP contribution >= 0.6 is 0 Å². The Morgan fingerprint density at radius 3 is 2.37 bits per heavy atom. The molecule has 1 N–H and O–H groups in total. The highest BCUT2D eigenvalue weighted by Gasteiger charge is 2.28. The van der Waals surface area contributed by atoms with E-state index in [-0.39, 0.29) is 18.5 Å². The Bertz CT molecular complexity index is 556. The van der Waals surface area contributed by atoms with Crippen LogP contribution in [0.25, 0.3) is 0 Å². The van der Waals surface area contributed by atoms with Gasteiger partial charge in [-0.2, -0.15) is 0 Å². The molecule has 0 aliphatic rings. The molecule has 0 aliphatic heterocycles. The molecule has 1 heterocycles. The number of nitrogens with zero attached hydrogens (tertiary/aromatic N) is 2. The fourth-order valence-electron chi connectivity index (χ4n) is 3.38. The van der Waals surface area contributed by atoms with Crippen LogP contribution < -0.4 is 0 Å². The van der Waals surface area contributed by atoms with Crippen molar-refractivity contribution in [3.05, 3.63) is 18.2 Å². The number of aromatic nitrogens is 2. The summed E-state index contributed by atoms with van der Waals surface area (Å²) in [5.41, 5.74) is 0.947. The Kier molecular flexibility index (Phi) is 11.5. The molecule has 0 fully saturated rings. The molecule has 0 spiro atoms. The standard InChI is InChI=1S/C21H36N2O4/c1-4-6-7-8-9-10-11-12-20(24)27-15-17(19(5-2)21(25)26)13-18-14-22-16-23(18)3/h14,16-17,19H,4-13,15H2,1-3H3,(H,25,26)/t17-,19-/m0/s1. The molecular formula is C21H36N2O4. The van der Waals surface area contributed by atoms with Gasteiger partial charge in [0.2, 0.25) is 0 Å². The molecule has 6 nitrogen and oxygen atoms in total. The lowest BCUT2D eigenvalue weighted by Gasteiger charge is -2.23. The van der Waals surface area contributed by atoms with Gasteiger partial charge in [-0.15, -0.1) is 0 Å². The van der Waals surface area contributed by atoms with Crippen molar-refractivity contribution in [2.75, 3.05) is 6.61 Å². The topological polar surface area (TPSA) is 81.4 Å². The average Bonchev–Trinajstić information content (AvgIpc) is 3.03. The molecule has 0 amide bonds. The van der Waals surface area contributed by atoms with Crippen molar-refractivity contribution >= 4 is 11.9 Å². The summed E-state index contributed by atoms with van der Waals surface area (Å²) in [4.78, 5) is 27.7. The van der Waals surface area contributed by atoms with E-state index in [4.69, 9.17) is 4.74 Å². The van der Waals surface area contributed by atoms with E-state index < -0.39 is 11.9 Å². The first-order valence-electron chi connectivity index (χ1n) is 10.3. The van der Waals surface area contributed by atoms with E-state index in [2.05, 4.69) is 11.9 Å². The number of rotatable bonds is 15. The number of unbranched alkanes of at least 4 members (excludes halogenated alkanes) is 6. The predicted octanol–water partition coefficient (Wildman–Crippen LogP) is 4.37. The number of aryl methyl sites for hydroxylation is 1. The van der Waals surface area contributed by atoms with E-state index >= 15 is 0 Å². The van der Waals surface area contributed by atoms with Crippen molar-refractivity contribution in [2.45, 2.75) is 78.1 Å². The molecule has 0 saturated heterocycles. The normalized spacial score (nSPS) is 13.3. The number of carbonyl (C=O) groups is 2. The molecule has 0 radical (unpaired) electrons. The maximum Gasteiger partial charge on any atom is 0.306 e. The summed E-state index contributed by atoms with van der Waals surface area (Å²) >= 11 is 0. The zero-order valence-electron chi connectivity index (χ0n) is 17.2. The lowest BCUT2D eigenvalue weighted by atomic mass is 9.87. The first-order chi connectivity index (χ1) is 13.0. The summed E-state index contributed by atoms with van der Waals surface area (Å²) in [5.74, 6) is -1.85. The van der Waals surface area contributed by atoms with E-state index in [0.717, 1.165) is 25.0 Å². The molecule has 154 valence electrons. The number of hydrogen-bond donors (Lipinski definition) is 1. The summed E-state index contributed by atoms with van der Waals surface area (Å²) < 4.78 is 7.32. The second-order valence-electron chi connectivity index (χ2n) is 7.37. The van der Waals surface area contributed by atoms with Crippen LogP contribution in [0.4, 0.5) is 0 Å². The zero-order chi connectivity index (χ0) is 20.1. The Balaban J connectivity index is 2.42. The van der Waals surface area contributed by atoms with Crippen molar-refractivity contribution in [2.24, 2.45) is 18.9 Å². The van der Waals surface area contributed by atoms with Crippen LogP contribution in [0.1, 0.15) is 77.3 Å². The maximum atomic E-state index is 12.0. The van der Waals surface area contributed by atoms with Gasteiger partial charge in [-0.05, 0) is 19.3 Å². The summed E-state index contributed by atoms with van der Waals surface area (Å²) in [6.07, 6.45) is 12.9. The van der Waals surface area contributed by atoms with Gasteiger partial charge in [0.25, 0.3) is 0 Å². The number of aliphatic carboxylic acids is 1. The molecule has 0 aliphatic carbocycles. The lowest BCUT2D eigenvalue weighted by Crippen LogP contribution is -2.30. The molecule has 1 rings (SSSR count). The first-order valence-corrected chi connectivity index (χ1v) is 10.3. The molecule has 27 heavy (non-hydrogen) atoms. The third-order valence-corrected chi connectivity index (χ3v) is 5.16. The van der Waals surface area contributed by atoms with Gasteiger partial charge in [0.05, 0.1) is 18.9 Å². The fourth-order valence-corrected chi connectivity index (χ4v) is 3.38. The Hall–Kier alpha value is -1.85. The van der Waals surface area contributed by atoms with Crippen molar-refractivity contribution in [3.8, 4) is 0 Å². The highest BCUT2D eigenvalue weighted by Crippen LogP contribution is 2.22. The van der Waals surface area contributed by atoms with Gasteiger partial charge in [-0.25, -0.2) is 4.98 Å². The van der Waals surface area contributed by atoms with Gasteiger partial charge in [-0.1, -0.05) is 52.4 Å². The third-order valence-electron chi connectivity index (χ3n) is 5.16. The van der Waals surface area contributed by atoms with E-state index in [1.807, 2.05) is 18.5 Å².